The van der Waals surface area contributed by atoms with Gasteiger partial charge in [-0.25, -0.2) is 0 Å². The number of nitrogens with zero attached hydrogens (tertiary/aromatic N) is 2. The number of ether oxygens (including phenoxy) is 1. The SMILES string of the molecule is COc1ccc(N2C(=O)C(Cl)C23C(=O)Nc2ccc([N+](=O)[O-])cc23)cc1. The quantitative estimate of drug-likeness (QED) is 0.385. The molecule has 1 spiro atoms. The molecule has 2 unspecified atom stereocenters. The molecular weight excluding hydrogens is 362 g/mol. The van der Waals surface area contributed by atoms with Crippen LogP contribution >= 0.6 is 11.6 Å². The highest BCUT2D eigenvalue weighted by molar-refractivity contribution is 6.43. The number of nitro benzene ring substituents is 1. The van der Waals surface area contributed by atoms with E-state index >= 15 is 0 Å². The van der Waals surface area contributed by atoms with Gasteiger partial charge in [0.25, 0.3) is 11.6 Å². The van der Waals surface area contributed by atoms with Crippen molar-refractivity contribution in [2.45, 2.75) is 10.9 Å². The minimum absolute atomic E-state index is 0.183. The Morgan fingerprint density at radius 3 is 2.54 bits per heavy atom. The van der Waals surface area contributed by atoms with Gasteiger partial charge >= 0.3 is 0 Å². The second kappa shape index (κ2) is 5.43. The molecule has 0 saturated carbocycles. The summed E-state index contributed by atoms with van der Waals surface area (Å²) < 4.78 is 5.10. The molecule has 2 aromatic rings. The van der Waals surface area contributed by atoms with Crippen molar-refractivity contribution in [3.8, 4) is 5.75 Å². The standard InChI is InChI=1S/C17H12ClN3O5/c1-26-11-5-2-9(3-6-11)20-15(22)14(18)17(20)12-8-10(21(24)25)4-7-13(12)19-16(17)23/h2-8,14H,1H3,(H,19,23). The van der Waals surface area contributed by atoms with Crippen LogP contribution in [0.25, 0.3) is 0 Å². The fourth-order valence-corrected chi connectivity index (χ4v) is 3.87. The van der Waals surface area contributed by atoms with Gasteiger partial charge in [-0.3, -0.25) is 24.6 Å². The number of amides is 2. The van der Waals surface area contributed by atoms with E-state index in [4.69, 9.17) is 16.3 Å². The van der Waals surface area contributed by atoms with E-state index in [-0.39, 0.29) is 5.69 Å². The second-order valence-electron chi connectivity index (χ2n) is 5.94. The zero-order chi connectivity index (χ0) is 18.6. The van der Waals surface area contributed by atoms with E-state index in [1.54, 1.807) is 24.3 Å². The van der Waals surface area contributed by atoms with Gasteiger partial charge < -0.3 is 10.1 Å². The van der Waals surface area contributed by atoms with Gasteiger partial charge in [0.2, 0.25) is 5.91 Å². The zero-order valence-electron chi connectivity index (χ0n) is 13.4. The smallest absolute Gasteiger partial charge is 0.269 e. The van der Waals surface area contributed by atoms with Crippen molar-refractivity contribution in [3.63, 3.8) is 0 Å². The monoisotopic (exact) mass is 373 g/mol. The maximum atomic E-state index is 12.8. The number of halogens is 1. The Morgan fingerprint density at radius 1 is 1.23 bits per heavy atom. The number of methoxy groups -OCH3 is 1. The number of non-ortho nitro benzene ring substituents is 1. The van der Waals surface area contributed by atoms with E-state index in [0.717, 1.165) is 0 Å². The van der Waals surface area contributed by atoms with Crippen molar-refractivity contribution < 1.29 is 19.2 Å². The van der Waals surface area contributed by atoms with Crippen molar-refractivity contribution in [2.75, 3.05) is 17.3 Å². The number of anilines is 2. The normalized spacial score (nSPS) is 23.5. The van der Waals surface area contributed by atoms with Crippen LogP contribution in [0.5, 0.6) is 5.75 Å². The summed E-state index contributed by atoms with van der Waals surface area (Å²) in [5.41, 5.74) is -0.543. The summed E-state index contributed by atoms with van der Waals surface area (Å²) in [7, 11) is 1.51. The van der Waals surface area contributed by atoms with Gasteiger partial charge in [0.1, 0.15) is 11.1 Å². The highest BCUT2D eigenvalue weighted by atomic mass is 35.5. The van der Waals surface area contributed by atoms with Gasteiger partial charge in [-0.05, 0) is 30.3 Å². The van der Waals surface area contributed by atoms with Crippen LogP contribution in [-0.2, 0) is 15.1 Å². The molecule has 2 heterocycles. The number of nitro groups is 1. The number of fused-ring (bicyclic) bond motifs is 2. The predicted octanol–water partition coefficient (Wildman–Crippen LogP) is 2.41. The fourth-order valence-electron chi connectivity index (χ4n) is 3.46. The van der Waals surface area contributed by atoms with Crippen LogP contribution in [0.1, 0.15) is 5.56 Å². The minimum atomic E-state index is -1.52. The third-order valence-corrected chi connectivity index (χ3v) is 5.21. The number of carbonyl (C=O) groups excluding carboxylic acids is 2. The molecule has 26 heavy (non-hydrogen) atoms. The van der Waals surface area contributed by atoms with E-state index in [9.17, 15) is 19.7 Å². The van der Waals surface area contributed by atoms with Crippen LogP contribution in [0, 0.1) is 10.1 Å². The topological polar surface area (TPSA) is 102 Å². The number of alkyl halides is 1. The summed E-state index contributed by atoms with van der Waals surface area (Å²) >= 11 is 6.27. The van der Waals surface area contributed by atoms with Crippen molar-refractivity contribution in [1.29, 1.82) is 0 Å². The molecule has 2 amide bonds. The molecule has 1 fully saturated rings. The van der Waals surface area contributed by atoms with Gasteiger partial charge in [-0.15, -0.1) is 11.6 Å². The van der Waals surface area contributed by atoms with Gasteiger partial charge in [0, 0.05) is 29.1 Å². The molecule has 132 valence electrons. The molecule has 8 nitrogen and oxygen atoms in total. The van der Waals surface area contributed by atoms with Crippen molar-refractivity contribution >= 4 is 40.5 Å². The fraction of sp³-hybridized carbons (Fsp3) is 0.176. The summed E-state index contributed by atoms with van der Waals surface area (Å²) in [6, 6.07) is 10.6. The highest BCUT2D eigenvalue weighted by Gasteiger charge is 2.69. The second-order valence-corrected chi connectivity index (χ2v) is 6.38. The lowest BCUT2D eigenvalue weighted by molar-refractivity contribution is -0.384. The van der Waals surface area contributed by atoms with E-state index in [1.165, 1.54) is 30.2 Å². The Labute approximate surface area is 152 Å². The van der Waals surface area contributed by atoms with Gasteiger partial charge in [-0.2, -0.15) is 0 Å². The third kappa shape index (κ3) is 1.90. The lowest BCUT2D eigenvalue weighted by Gasteiger charge is -2.51. The van der Waals surface area contributed by atoms with Crippen LogP contribution in [0.4, 0.5) is 17.1 Å². The number of hydrogen-bond donors (Lipinski definition) is 1. The summed E-state index contributed by atoms with van der Waals surface area (Å²) in [5.74, 6) is -0.361. The summed E-state index contributed by atoms with van der Waals surface area (Å²) in [4.78, 5) is 37.2. The zero-order valence-corrected chi connectivity index (χ0v) is 14.2. The van der Waals surface area contributed by atoms with Gasteiger partial charge in [0.15, 0.2) is 5.54 Å². The van der Waals surface area contributed by atoms with Crippen molar-refractivity contribution in [2.24, 2.45) is 0 Å². The number of benzene rings is 2. The first kappa shape index (κ1) is 16.3. The molecule has 4 rings (SSSR count). The molecule has 0 aliphatic carbocycles. The first-order valence-electron chi connectivity index (χ1n) is 7.64. The largest absolute Gasteiger partial charge is 0.497 e. The number of hydrogen-bond acceptors (Lipinski definition) is 5. The van der Waals surface area contributed by atoms with Crippen LogP contribution in [0.15, 0.2) is 42.5 Å². The molecule has 0 radical (unpaired) electrons. The molecule has 2 aromatic carbocycles. The van der Waals surface area contributed by atoms with E-state index in [0.29, 0.717) is 22.7 Å². The Bertz CT molecular complexity index is 961. The molecule has 1 N–H and O–H groups in total. The highest BCUT2D eigenvalue weighted by Crippen LogP contribution is 2.54. The number of rotatable bonds is 3. The first-order chi connectivity index (χ1) is 12.4. The molecule has 9 heteroatoms. The third-order valence-electron chi connectivity index (χ3n) is 4.71. The molecule has 2 aliphatic heterocycles. The van der Waals surface area contributed by atoms with Crippen LogP contribution < -0.4 is 15.0 Å². The molecular formula is C17H12ClN3O5. The summed E-state index contributed by atoms with van der Waals surface area (Å²) in [6.07, 6.45) is 0. The molecule has 1 saturated heterocycles. The number of carbonyl (C=O) groups is 2. The van der Waals surface area contributed by atoms with Crippen molar-refractivity contribution in [1.82, 2.24) is 0 Å². The van der Waals surface area contributed by atoms with E-state index in [1.807, 2.05) is 0 Å². The average molecular weight is 374 g/mol. The minimum Gasteiger partial charge on any atom is -0.497 e. The lowest BCUT2D eigenvalue weighted by atomic mass is 9.77. The Balaban J connectivity index is 1.88. The number of β-lactam (4-membered cyclic amide) rings is 1. The van der Waals surface area contributed by atoms with Gasteiger partial charge in [0.05, 0.1) is 12.0 Å². The van der Waals surface area contributed by atoms with Crippen molar-refractivity contribution in [3.05, 3.63) is 58.1 Å². The summed E-state index contributed by atoms with van der Waals surface area (Å²) in [5, 5.41) is 12.6. The van der Waals surface area contributed by atoms with Gasteiger partial charge in [-0.1, -0.05) is 0 Å². The molecule has 0 aromatic heterocycles. The van der Waals surface area contributed by atoms with Crippen LogP contribution in [0.2, 0.25) is 0 Å². The predicted molar refractivity (Wildman–Crippen MR) is 93.5 cm³/mol. The van der Waals surface area contributed by atoms with Crippen LogP contribution in [0.3, 0.4) is 0 Å². The van der Waals surface area contributed by atoms with E-state index in [2.05, 4.69) is 5.32 Å². The summed E-state index contributed by atoms with van der Waals surface area (Å²) in [6.45, 7) is 0. The first-order valence-corrected chi connectivity index (χ1v) is 8.07. The lowest BCUT2D eigenvalue weighted by Crippen LogP contribution is -2.73. The maximum Gasteiger partial charge on any atom is 0.269 e. The molecule has 0 bridgehead atoms. The molecule has 2 atom stereocenters. The average Bonchev–Trinajstić information content (AvgIpc) is 2.95. The van der Waals surface area contributed by atoms with Crippen LogP contribution in [-0.4, -0.2) is 29.2 Å². The Kier molecular flexibility index (Phi) is 3.42. The Hall–Kier alpha value is -3.13. The number of nitrogens with one attached hydrogen (secondary N) is 1. The molecule has 2 aliphatic rings. The Morgan fingerprint density at radius 2 is 1.92 bits per heavy atom. The van der Waals surface area contributed by atoms with E-state index < -0.39 is 27.7 Å². The maximum absolute atomic E-state index is 12.8.